The molecule has 0 aliphatic carbocycles. The molecule has 156 valence electrons. The maximum atomic E-state index is 4.97. The molecule has 0 fully saturated rings. The standard InChI is InChI=1S/C28H19N5/c1-2-4-27-18(3-1)11-12-33(27)28-17-25-15-23-8-7-21(30-23)13-19-5-6-20(29-19)14-22-9-10-24(31-22)16-26(28)32-25/h1-10,13-17H,11-12H2. The topological polar surface area (TPSA) is 52.7 Å². The van der Waals surface area contributed by atoms with Crippen LogP contribution in [0.25, 0.3) is 0 Å². The van der Waals surface area contributed by atoms with E-state index in [2.05, 4.69) is 46.3 Å². The fourth-order valence-electron chi connectivity index (χ4n) is 4.69. The van der Waals surface area contributed by atoms with Crippen molar-refractivity contribution in [3.05, 3.63) is 125 Å². The Bertz CT molecular complexity index is 1490. The molecule has 1 aromatic rings. The van der Waals surface area contributed by atoms with Crippen molar-refractivity contribution < 1.29 is 0 Å². The lowest BCUT2D eigenvalue weighted by Crippen LogP contribution is -2.20. The van der Waals surface area contributed by atoms with Crippen LogP contribution in [0.4, 0.5) is 5.69 Å². The SMILES string of the molecule is C1=CC2=NC1=CC1=NC(=CC3=NC(=CC4=NC(=C2)C=C4)C(N2CCc4ccccc42)=C3)C=C1. The number of hydrogen-bond donors (Lipinski definition) is 0. The molecule has 0 atom stereocenters. The van der Waals surface area contributed by atoms with E-state index in [-0.39, 0.29) is 0 Å². The smallest absolute Gasteiger partial charge is 0.0896 e. The quantitative estimate of drug-likeness (QED) is 0.627. The Morgan fingerprint density at radius 1 is 0.576 bits per heavy atom. The minimum Gasteiger partial charge on any atom is -0.339 e. The molecule has 6 aliphatic rings. The lowest BCUT2D eigenvalue weighted by atomic mass is 10.1. The zero-order valence-electron chi connectivity index (χ0n) is 17.8. The van der Waals surface area contributed by atoms with Gasteiger partial charge in [0.25, 0.3) is 0 Å². The largest absolute Gasteiger partial charge is 0.339 e. The van der Waals surface area contributed by atoms with Crippen LogP contribution in [0.5, 0.6) is 0 Å². The van der Waals surface area contributed by atoms with Crippen molar-refractivity contribution in [1.82, 2.24) is 0 Å². The summed E-state index contributed by atoms with van der Waals surface area (Å²) in [6.07, 6.45) is 23.4. The lowest BCUT2D eigenvalue weighted by molar-refractivity contribution is 0.952. The minimum absolute atomic E-state index is 0.887. The molecule has 6 heterocycles. The van der Waals surface area contributed by atoms with Crippen LogP contribution in [0.3, 0.4) is 0 Å². The summed E-state index contributed by atoms with van der Waals surface area (Å²) in [6, 6.07) is 8.60. The van der Waals surface area contributed by atoms with Crippen molar-refractivity contribution in [3.8, 4) is 0 Å². The molecule has 8 bridgehead atoms. The number of hydrogen-bond acceptors (Lipinski definition) is 5. The summed E-state index contributed by atoms with van der Waals surface area (Å²) < 4.78 is 0. The van der Waals surface area contributed by atoms with Gasteiger partial charge in [0.2, 0.25) is 0 Å². The summed E-state index contributed by atoms with van der Waals surface area (Å²) in [6.45, 7) is 0.942. The molecule has 0 amide bonds. The molecule has 0 saturated carbocycles. The van der Waals surface area contributed by atoms with E-state index < -0.39 is 0 Å². The van der Waals surface area contributed by atoms with Crippen LogP contribution in [0.1, 0.15) is 5.56 Å². The first-order valence-corrected chi connectivity index (χ1v) is 11.1. The van der Waals surface area contributed by atoms with Crippen molar-refractivity contribution in [2.45, 2.75) is 6.42 Å². The molecule has 5 nitrogen and oxygen atoms in total. The fraction of sp³-hybridized carbons (Fsp3) is 0.0714. The van der Waals surface area contributed by atoms with E-state index in [1.54, 1.807) is 0 Å². The fourth-order valence-corrected chi connectivity index (χ4v) is 4.69. The van der Waals surface area contributed by atoms with Crippen molar-refractivity contribution in [2.75, 3.05) is 11.4 Å². The number of anilines is 1. The highest BCUT2D eigenvalue weighted by Gasteiger charge is 2.27. The van der Waals surface area contributed by atoms with Gasteiger partial charge in [0, 0.05) is 12.2 Å². The van der Waals surface area contributed by atoms with Gasteiger partial charge in [-0.1, -0.05) is 18.2 Å². The molecule has 5 heteroatoms. The number of fused-ring (bicyclic) bond motifs is 5. The van der Waals surface area contributed by atoms with Crippen molar-refractivity contribution in [1.29, 1.82) is 0 Å². The van der Waals surface area contributed by atoms with Gasteiger partial charge in [-0.05, 0) is 84.9 Å². The average molecular weight is 425 g/mol. The maximum Gasteiger partial charge on any atom is 0.0896 e. The van der Waals surface area contributed by atoms with Crippen molar-refractivity contribution in [2.24, 2.45) is 20.0 Å². The Hall–Kier alpha value is -4.38. The number of rotatable bonds is 1. The van der Waals surface area contributed by atoms with Crippen LogP contribution in [0.15, 0.2) is 140 Å². The second-order valence-electron chi connectivity index (χ2n) is 8.44. The molecule has 6 aliphatic heterocycles. The monoisotopic (exact) mass is 425 g/mol. The molecule has 7 rings (SSSR count). The normalized spacial score (nSPS) is 21.7. The van der Waals surface area contributed by atoms with E-state index in [1.807, 2.05) is 54.7 Å². The Kier molecular flexibility index (Phi) is 3.90. The van der Waals surface area contributed by atoms with Crippen LogP contribution in [0.2, 0.25) is 0 Å². The number of para-hydroxylation sites is 1. The van der Waals surface area contributed by atoms with E-state index in [0.717, 1.165) is 64.3 Å². The second-order valence-corrected chi connectivity index (χ2v) is 8.44. The number of allylic oxidation sites excluding steroid dienone is 11. The highest BCUT2D eigenvalue weighted by atomic mass is 15.2. The van der Waals surface area contributed by atoms with E-state index in [4.69, 9.17) is 15.0 Å². The first kappa shape index (κ1) is 18.2. The van der Waals surface area contributed by atoms with Gasteiger partial charge in [-0.25, -0.2) is 20.0 Å². The summed E-state index contributed by atoms with van der Waals surface area (Å²) >= 11 is 0. The Balaban J connectivity index is 1.36. The molecule has 33 heavy (non-hydrogen) atoms. The summed E-state index contributed by atoms with van der Waals surface area (Å²) in [5, 5.41) is 0. The average Bonchev–Trinajstić information content (AvgIpc) is 3.62. The molecule has 0 spiro atoms. The van der Waals surface area contributed by atoms with E-state index in [9.17, 15) is 0 Å². The summed E-state index contributed by atoms with van der Waals surface area (Å²) in [7, 11) is 0. The molecule has 0 aromatic heterocycles. The van der Waals surface area contributed by atoms with Gasteiger partial charge < -0.3 is 4.90 Å². The molecule has 0 N–H and O–H groups in total. The molecule has 0 unspecified atom stereocenters. The van der Waals surface area contributed by atoms with Gasteiger partial charge in [-0.2, -0.15) is 0 Å². The van der Waals surface area contributed by atoms with E-state index in [0.29, 0.717) is 0 Å². The molecular formula is C28H19N5. The third kappa shape index (κ3) is 3.26. The van der Waals surface area contributed by atoms with Gasteiger partial charge in [-0.15, -0.1) is 0 Å². The molecular weight excluding hydrogens is 406 g/mol. The van der Waals surface area contributed by atoms with Crippen LogP contribution in [-0.2, 0) is 6.42 Å². The van der Waals surface area contributed by atoms with Crippen LogP contribution < -0.4 is 4.90 Å². The lowest BCUT2D eigenvalue weighted by Gasteiger charge is -2.21. The van der Waals surface area contributed by atoms with E-state index >= 15 is 0 Å². The summed E-state index contributed by atoms with van der Waals surface area (Å²) in [4.78, 5) is 21.5. The van der Waals surface area contributed by atoms with Crippen molar-refractivity contribution >= 4 is 28.5 Å². The summed E-state index contributed by atoms with van der Waals surface area (Å²) in [5.74, 6) is 0. The first-order chi connectivity index (χ1) is 16.3. The van der Waals surface area contributed by atoms with Gasteiger partial charge in [0.1, 0.15) is 0 Å². The molecule has 0 radical (unpaired) electrons. The van der Waals surface area contributed by atoms with Gasteiger partial charge in [-0.3, -0.25) is 0 Å². The third-order valence-electron chi connectivity index (χ3n) is 6.20. The zero-order valence-corrected chi connectivity index (χ0v) is 17.8. The van der Waals surface area contributed by atoms with Gasteiger partial charge >= 0.3 is 0 Å². The first-order valence-electron chi connectivity index (χ1n) is 11.1. The Morgan fingerprint density at radius 3 is 1.88 bits per heavy atom. The van der Waals surface area contributed by atoms with Crippen molar-refractivity contribution in [3.63, 3.8) is 0 Å². The van der Waals surface area contributed by atoms with Crippen LogP contribution in [-0.4, -0.2) is 29.4 Å². The number of benzene rings is 1. The predicted octanol–water partition coefficient (Wildman–Crippen LogP) is 4.97. The molecule has 1 aromatic carbocycles. The highest BCUT2D eigenvalue weighted by molar-refractivity contribution is 6.15. The summed E-state index contributed by atoms with van der Waals surface area (Å²) in [5.41, 5.74) is 10.9. The third-order valence-corrected chi connectivity index (χ3v) is 6.20. The zero-order chi connectivity index (χ0) is 21.8. The number of aliphatic imine (C=N–C) groups is 4. The predicted molar refractivity (Wildman–Crippen MR) is 135 cm³/mol. The number of nitrogens with zero attached hydrogens (tertiary/aromatic N) is 5. The Labute approximate surface area is 191 Å². The van der Waals surface area contributed by atoms with Crippen LogP contribution >= 0.6 is 0 Å². The van der Waals surface area contributed by atoms with Crippen LogP contribution in [0, 0.1) is 0 Å². The highest BCUT2D eigenvalue weighted by Crippen LogP contribution is 2.36. The van der Waals surface area contributed by atoms with Gasteiger partial charge in [0.15, 0.2) is 0 Å². The van der Waals surface area contributed by atoms with Gasteiger partial charge in [0.05, 0.1) is 51.3 Å². The Morgan fingerprint density at radius 2 is 1.18 bits per heavy atom. The maximum absolute atomic E-state index is 4.97. The second kappa shape index (κ2) is 7.07. The van der Waals surface area contributed by atoms with E-state index in [1.165, 1.54) is 11.3 Å². The molecule has 0 saturated heterocycles. The minimum atomic E-state index is 0.887.